The highest BCUT2D eigenvalue weighted by atomic mass is 16.3. The molecule has 1 aliphatic heterocycles. The summed E-state index contributed by atoms with van der Waals surface area (Å²) in [6.45, 7) is 4.29. The SMILES string of the molecule is OCc1cnc(N2CCN(C3CC3)CC2)cn1. The summed E-state index contributed by atoms with van der Waals surface area (Å²) in [5.74, 6) is 0.928. The molecule has 5 heteroatoms. The van der Waals surface area contributed by atoms with Gasteiger partial charge in [0.2, 0.25) is 0 Å². The second kappa shape index (κ2) is 4.58. The standard InChI is InChI=1S/C12H18N4O/c17-9-10-7-14-12(8-13-10)16-5-3-15(4-6-16)11-1-2-11/h7-8,11,17H,1-6,9H2. The van der Waals surface area contributed by atoms with Crippen molar-refractivity contribution >= 4 is 5.82 Å². The fourth-order valence-electron chi connectivity index (χ4n) is 2.35. The van der Waals surface area contributed by atoms with Gasteiger partial charge in [-0.25, -0.2) is 4.98 Å². The zero-order chi connectivity index (χ0) is 11.7. The topological polar surface area (TPSA) is 52.5 Å². The highest BCUT2D eigenvalue weighted by molar-refractivity contribution is 5.36. The Hall–Kier alpha value is -1.20. The summed E-state index contributed by atoms with van der Waals surface area (Å²) >= 11 is 0. The molecule has 2 fully saturated rings. The zero-order valence-corrected chi connectivity index (χ0v) is 9.92. The summed E-state index contributed by atoms with van der Waals surface area (Å²) in [4.78, 5) is 13.4. The van der Waals surface area contributed by atoms with E-state index in [-0.39, 0.29) is 6.61 Å². The lowest BCUT2D eigenvalue weighted by molar-refractivity contribution is 0.247. The molecule has 1 aromatic heterocycles. The van der Waals surface area contributed by atoms with Gasteiger partial charge in [-0.3, -0.25) is 9.88 Å². The molecule has 0 amide bonds. The minimum Gasteiger partial charge on any atom is -0.390 e. The number of rotatable bonds is 3. The average molecular weight is 234 g/mol. The Morgan fingerprint density at radius 3 is 2.41 bits per heavy atom. The van der Waals surface area contributed by atoms with Gasteiger partial charge in [-0.1, -0.05) is 0 Å². The van der Waals surface area contributed by atoms with E-state index in [1.807, 2.05) is 0 Å². The first kappa shape index (κ1) is 10.9. The monoisotopic (exact) mass is 234 g/mol. The number of hydrogen-bond acceptors (Lipinski definition) is 5. The molecule has 0 radical (unpaired) electrons. The molecule has 0 atom stereocenters. The summed E-state index contributed by atoms with van der Waals surface area (Å²) in [7, 11) is 0. The van der Waals surface area contributed by atoms with Crippen molar-refractivity contribution in [1.82, 2.24) is 14.9 Å². The third-order valence-corrected chi connectivity index (χ3v) is 3.56. The number of anilines is 1. The Bertz CT molecular complexity index is 369. The molecule has 0 bridgehead atoms. The molecule has 2 heterocycles. The van der Waals surface area contributed by atoms with Crippen molar-refractivity contribution in [2.75, 3.05) is 31.1 Å². The second-order valence-corrected chi connectivity index (χ2v) is 4.78. The van der Waals surface area contributed by atoms with Crippen LogP contribution in [0.2, 0.25) is 0 Å². The van der Waals surface area contributed by atoms with Gasteiger partial charge in [0.05, 0.1) is 24.7 Å². The molecule has 1 N–H and O–H groups in total. The summed E-state index contributed by atoms with van der Waals surface area (Å²) in [6, 6.07) is 0.861. The highest BCUT2D eigenvalue weighted by Crippen LogP contribution is 2.28. The molecule has 3 rings (SSSR count). The third-order valence-electron chi connectivity index (χ3n) is 3.56. The van der Waals surface area contributed by atoms with E-state index in [2.05, 4.69) is 19.8 Å². The Balaban J connectivity index is 1.60. The van der Waals surface area contributed by atoms with Crippen LogP contribution >= 0.6 is 0 Å². The lowest BCUT2D eigenvalue weighted by Crippen LogP contribution is -2.47. The molecule has 0 spiro atoms. The summed E-state index contributed by atoms with van der Waals surface area (Å²) in [5, 5.41) is 8.92. The van der Waals surface area contributed by atoms with E-state index in [4.69, 9.17) is 5.11 Å². The molecule has 92 valence electrons. The van der Waals surface area contributed by atoms with Gasteiger partial charge in [0.1, 0.15) is 5.82 Å². The number of aliphatic hydroxyl groups is 1. The van der Waals surface area contributed by atoms with Crippen molar-refractivity contribution in [3.8, 4) is 0 Å². The summed E-state index contributed by atoms with van der Waals surface area (Å²) in [5.41, 5.74) is 0.630. The zero-order valence-electron chi connectivity index (χ0n) is 9.92. The van der Waals surface area contributed by atoms with E-state index < -0.39 is 0 Å². The first-order valence-corrected chi connectivity index (χ1v) is 6.27. The molecule has 0 unspecified atom stereocenters. The second-order valence-electron chi connectivity index (χ2n) is 4.78. The molecule has 17 heavy (non-hydrogen) atoms. The minimum absolute atomic E-state index is 0.0390. The molecule has 1 saturated carbocycles. The van der Waals surface area contributed by atoms with Crippen molar-refractivity contribution in [2.45, 2.75) is 25.5 Å². The van der Waals surface area contributed by atoms with Gasteiger partial charge in [0.15, 0.2) is 0 Å². The van der Waals surface area contributed by atoms with Crippen molar-refractivity contribution in [3.63, 3.8) is 0 Å². The van der Waals surface area contributed by atoms with Crippen molar-refractivity contribution < 1.29 is 5.11 Å². The lowest BCUT2D eigenvalue weighted by atomic mass is 10.3. The van der Waals surface area contributed by atoms with E-state index >= 15 is 0 Å². The van der Waals surface area contributed by atoms with Crippen molar-refractivity contribution in [1.29, 1.82) is 0 Å². The average Bonchev–Trinajstić information content (AvgIpc) is 3.24. The van der Waals surface area contributed by atoms with Crippen LogP contribution in [0.5, 0.6) is 0 Å². The molecular formula is C12H18N4O. The normalized spacial score (nSPS) is 21.8. The maximum absolute atomic E-state index is 8.92. The van der Waals surface area contributed by atoms with Gasteiger partial charge >= 0.3 is 0 Å². The molecule has 2 aliphatic rings. The maximum atomic E-state index is 8.92. The third kappa shape index (κ3) is 2.40. The maximum Gasteiger partial charge on any atom is 0.147 e. The molecule has 1 aliphatic carbocycles. The van der Waals surface area contributed by atoms with Crippen LogP contribution in [-0.2, 0) is 6.61 Å². The summed E-state index contributed by atoms with van der Waals surface area (Å²) < 4.78 is 0. The van der Waals surface area contributed by atoms with Crippen LogP contribution in [0.1, 0.15) is 18.5 Å². The molecule has 1 aromatic rings. The van der Waals surface area contributed by atoms with Crippen LogP contribution in [0.4, 0.5) is 5.82 Å². The van der Waals surface area contributed by atoms with E-state index in [1.54, 1.807) is 12.4 Å². The fraction of sp³-hybridized carbons (Fsp3) is 0.667. The predicted octanol–water partition coefficient (Wildman–Crippen LogP) is 0.253. The van der Waals surface area contributed by atoms with E-state index in [0.29, 0.717) is 5.69 Å². The van der Waals surface area contributed by atoms with Gasteiger partial charge in [0, 0.05) is 32.2 Å². The Labute approximate surface area is 101 Å². The smallest absolute Gasteiger partial charge is 0.147 e. The number of aromatic nitrogens is 2. The van der Waals surface area contributed by atoms with Gasteiger partial charge in [-0.05, 0) is 12.8 Å². The van der Waals surface area contributed by atoms with Gasteiger partial charge in [-0.15, -0.1) is 0 Å². The Morgan fingerprint density at radius 2 is 1.88 bits per heavy atom. The fourth-order valence-corrected chi connectivity index (χ4v) is 2.35. The van der Waals surface area contributed by atoms with Crippen molar-refractivity contribution in [3.05, 3.63) is 18.1 Å². The van der Waals surface area contributed by atoms with Crippen LogP contribution in [0.25, 0.3) is 0 Å². The first-order valence-electron chi connectivity index (χ1n) is 6.27. The van der Waals surface area contributed by atoms with Gasteiger partial charge in [-0.2, -0.15) is 0 Å². The van der Waals surface area contributed by atoms with Gasteiger partial charge in [0.25, 0.3) is 0 Å². The highest BCUT2D eigenvalue weighted by Gasteiger charge is 2.31. The molecule has 1 saturated heterocycles. The van der Waals surface area contributed by atoms with Crippen LogP contribution in [0.15, 0.2) is 12.4 Å². The van der Waals surface area contributed by atoms with Gasteiger partial charge < -0.3 is 10.0 Å². The van der Waals surface area contributed by atoms with Crippen molar-refractivity contribution in [2.24, 2.45) is 0 Å². The van der Waals surface area contributed by atoms with E-state index in [0.717, 1.165) is 38.0 Å². The predicted molar refractivity (Wildman–Crippen MR) is 64.8 cm³/mol. The first-order chi connectivity index (χ1) is 8.36. The lowest BCUT2D eigenvalue weighted by Gasteiger charge is -2.35. The number of piperazine rings is 1. The molecule has 5 nitrogen and oxygen atoms in total. The Kier molecular flexibility index (Phi) is 2.94. The minimum atomic E-state index is -0.0390. The van der Waals surface area contributed by atoms with Crippen LogP contribution in [0.3, 0.4) is 0 Å². The molecule has 0 aromatic carbocycles. The number of hydrogen-bond donors (Lipinski definition) is 1. The quantitative estimate of drug-likeness (QED) is 0.812. The Morgan fingerprint density at radius 1 is 1.12 bits per heavy atom. The largest absolute Gasteiger partial charge is 0.390 e. The van der Waals surface area contributed by atoms with Crippen LogP contribution in [0, 0.1) is 0 Å². The van der Waals surface area contributed by atoms with Crippen LogP contribution in [-0.4, -0.2) is 52.2 Å². The number of nitrogens with zero attached hydrogens (tertiary/aromatic N) is 4. The van der Waals surface area contributed by atoms with E-state index in [9.17, 15) is 0 Å². The molecular weight excluding hydrogens is 216 g/mol. The van der Waals surface area contributed by atoms with E-state index in [1.165, 1.54) is 12.8 Å². The summed E-state index contributed by atoms with van der Waals surface area (Å²) in [6.07, 6.45) is 6.18. The number of aliphatic hydroxyl groups excluding tert-OH is 1. The van der Waals surface area contributed by atoms with Crippen LogP contribution < -0.4 is 4.90 Å².